The Hall–Kier alpha value is -2.95. The first-order chi connectivity index (χ1) is 14.7. The summed E-state index contributed by atoms with van der Waals surface area (Å²) in [4.78, 5) is 18.3. The van der Waals surface area contributed by atoms with Crippen molar-refractivity contribution in [1.29, 1.82) is 5.26 Å². The summed E-state index contributed by atoms with van der Waals surface area (Å²) in [5, 5.41) is 15.3. The molecule has 1 saturated heterocycles. The van der Waals surface area contributed by atoms with Gasteiger partial charge in [-0.15, -0.1) is 0 Å². The molecule has 0 radical (unpaired) electrons. The summed E-state index contributed by atoms with van der Waals surface area (Å²) in [6.07, 6.45) is 6.77. The fourth-order valence-corrected chi connectivity index (χ4v) is 4.77. The molecule has 1 aromatic carbocycles. The Labute approximate surface area is 180 Å². The van der Waals surface area contributed by atoms with Crippen molar-refractivity contribution in [2.24, 2.45) is 0 Å². The smallest absolute Gasteiger partial charge is 0.135 e. The van der Waals surface area contributed by atoms with E-state index in [2.05, 4.69) is 36.1 Å². The largest absolute Gasteiger partial charge is 0.363 e. The predicted octanol–water partition coefficient (Wildman–Crippen LogP) is 2.93. The lowest BCUT2D eigenvalue weighted by atomic mass is 10.0. The molecule has 2 aliphatic rings. The van der Waals surface area contributed by atoms with Gasteiger partial charge in [0.2, 0.25) is 0 Å². The van der Waals surface area contributed by atoms with Crippen LogP contribution in [0.1, 0.15) is 17.7 Å². The van der Waals surface area contributed by atoms with Crippen molar-refractivity contribution in [3.63, 3.8) is 0 Å². The zero-order valence-corrected chi connectivity index (χ0v) is 17.3. The maximum atomic E-state index is 9.05. The summed E-state index contributed by atoms with van der Waals surface area (Å²) in [6, 6.07) is 8.36. The lowest BCUT2D eigenvalue weighted by Crippen LogP contribution is -2.51. The molecule has 7 nitrogen and oxygen atoms in total. The first-order valence-corrected chi connectivity index (χ1v) is 10.6. The lowest BCUT2D eigenvalue weighted by Gasteiger charge is -2.37. The molecule has 0 amide bonds. The Morgan fingerprint density at radius 3 is 3.03 bits per heavy atom. The van der Waals surface area contributed by atoms with Gasteiger partial charge in [0.05, 0.1) is 41.6 Å². The average Bonchev–Trinajstić information content (AvgIpc) is 2.78. The highest BCUT2D eigenvalue weighted by atomic mass is 35.5. The third-order valence-corrected chi connectivity index (χ3v) is 6.25. The summed E-state index contributed by atoms with van der Waals surface area (Å²) in [6.45, 7) is 4.09. The zero-order chi connectivity index (χ0) is 20.5. The number of hydrogen-bond acceptors (Lipinski definition) is 7. The van der Waals surface area contributed by atoms with Crippen molar-refractivity contribution >= 4 is 33.9 Å². The van der Waals surface area contributed by atoms with Crippen LogP contribution in [0.5, 0.6) is 0 Å². The van der Waals surface area contributed by atoms with Gasteiger partial charge in [-0.2, -0.15) is 5.26 Å². The van der Waals surface area contributed by atoms with Crippen LogP contribution in [0.2, 0.25) is 5.02 Å². The van der Waals surface area contributed by atoms with E-state index in [1.165, 1.54) is 5.56 Å². The number of nitriles is 1. The van der Waals surface area contributed by atoms with E-state index in [4.69, 9.17) is 16.9 Å². The van der Waals surface area contributed by atoms with Crippen LogP contribution < -0.4 is 15.1 Å². The van der Waals surface area contributed by atoms with Gasteiger partial charge in [0.25, 0.3) is 0 Å². The third kappa shape index (κ3) is 3.42. The van der Waals surface area contributed by atoms with Crippen molar-refractivity contribution < 1.29 is 0 Å². The number of pyridine rings is 1. The van der Waals surface area contributed by atoms with E-state index in [0.717, 1.165) is 65.6 Å². The fourth-order valence-electron chi connectivity index (χ4n) is 4.49. The molecule has 2 aromatic heterocycles. The van der Waals surface area contributed by atoms with Crippen molar-refractivity contribution in [3.05, 3.63) is 53.2 Å². The van der Waals surface area contributed by atoms with Gasteiger partial charge in [-0.25, -0.2) is 9.97 Å². The molecule has 1 fully saturated rings. The Bertz CT molecular complexity index is 1120. The van der Waals surface area contributed by atoms with Gasteiger partial charge in [0.15, 0.2) is 0 Å². The average molecular weight is 420 g/mol. The molecule has 0 spiro atoms. The normalized spacial score (nSPS) is 18.9. The number of hydrogen-bond donors (Lipinski definition) is 1. The molecule has 152 valence electrons. The number of piperazine rings is 1. The Balaban J connectivity index is 1.45. The van der Waals surface area contributed by atoms with Gasteiger partial charge in [-0.05, 0) is 12.5 Å². The van der Waals surface area contributed by atoms with Gasteiger partial charge in [0.1, 0.15) is 12.1 Å². The van der Waals surface area contributed by atoms with Crippen LogP contribution in [0.15, 0.2) is 36.9 Å². The molecule has 1 atom stereocenters. The van der Waals surface area contributed by atoms with Gasteiger partial charge < -0.3 is 15.1 Å². The molecule has 5 rings (SSSR count). The molecule has 4 heterocycles. The number of benzene rings is 1. The lowest BCUT2D eigenvalue weighted by molar-refractivity contribution is 0.459. The van der Waals surface area contributed by atoms with Crippen molar-refractivity contribution in [2.45, 2.75) is 25.4 Å². The van der Waals surface area contributed by atoms with Gasteiger partial charge in [-0.3, -0.25) is 4.98 Å². The maximum Gasteiger partial charge on any atom is 0.135 e. The van der Waals surface area contributed by atoms with Crippen LogP contribution in [0, 0.1) is 11.3 Å². The number of fused-ring (bicyclic) bond motifs is 2. The molecule has 0 aliphatic carbocycles. The number of nitrogens with zero attached hydrogens (tertiary/aromatic N) is 6. The van der Waals surface area contributed by atoms with Crippen LogP contribution in [0.3, 0.4) is 0 Å². The van der Waals surface area contributed by atoms with Crippen molar-refractivity contribution in [2.75, 3.05) is 36.0 Å². The van der Waals surface area contributed by atoms with E-state index in [9.17, 15) is 0 Å². The van der Waals surface area contributed by atoms with Crippen LogP contribution in [-0.4, -0.2) is 47.2 Å². The Morgan fingerprint density at radius 1 is 1.20 bits per heavy atom. The molecule has 8 heteroatoms. The highest BCUT2D eigenvalue weighted by Crippen LogP contribution is 2.35. The molecule has 30 heavy (non-hydrogen) atoms. The van der Waals surface area contributed by atoms with E-state index in [0.29, 0.717) is 13.0 Å². The minimum absolute atomic E-state index is 0.179. The number of nitrogens with one attached hydrogen (secondary N) is 1. The predicted molar refractivity (Wildman–Crippen MR) is 118 cm³/mol. The molecule has 1 N–H and O–H groups in total. The second kappa shape index (κ2) is 8.05. The number of rotatable bonds is 3. The summed E-state index contributed by atoms with van der Waals surface area (Å²) in [7, 11) is 0. The summed E-state index contributed by atoms with van der Waals surface area (Å²) in [5.74, 6) is 1.01. The topological polar surface area (TPSA) is 81.0 Å². The molecular weight excluding hydrogens is 398 g/mol. The molecular formula is C22H22ClN7. The van der Waals surface area contributed by atoms with Crippen LogP contribution in [0.4, 0.5) is 11.5 Å². The molecule has 0 saturated carbocycles. The minimum Gasteiger partial charge on any atom is -0.363 e. The first-order valence-electron chi connectivity index (χ1n) is 10.2. The Kier molecular flexibility index (Phi) is 5.11. The van der Waals surface area contributed by atoms with Gasteiger partial charge >= 0.3 is 0 Å². The molecule has 2 aliphatic heterocycles. The quantitative estimate of drug-likeness (QED) is 0.698. The van der Waals surface area contributed by atoms with E-state index < -0.39 is 0 Å². The summed E-state index contributed by atoms with van der Waals surface area (Å²) < 4.78 is 0. The van der Waals surface area contributed by atoms with Crippen molar-refractivity contribution in [3.8, 4) is 6.07 Å². The van der Waals surface area contributed by atoms with E-state index in [1.807, 2.05) is 30.6 Å². The van der Waals surface area contributed by atoms with Crippen LogP contribution in [0.25, 0.3) is 10.8 Å². The second-order valence-corrected chi connectivity index (χ2v) is 8.16. The molecule has 0 bridgehead atoms. The molecule has 0 unspecified atom stereocenters. The summed E-state index contributed by atoms with van der Waals surface area (Å²) in [5.41, 5.74) is 3.30. The summed E-state index contributed by atoms with van der Waals surface area (Å²) >= 11 is 6.53. The number of aromatic nitrogens is 3. The highest BCUT2D eigenvalue weighted by Gasteiger charge is 2.27. The molecule has 3 aromatic rings. The maximum absolute atomic E-state index is 9.05. The van der Waals surface area contributed by atoms with Gasteiger partial charge in [-0.1, -0.05) is 23.7 Å². The number of halogens is 1. The second-order valence-electron chi connectivity index (χ2n) is 7.75. The minimum atomic E-state index is 0.179. The SMILES string of the molecule is N#CC[C@H]1CN(c2ncnc3c2CCN(c2cncc4cccc(Cl)c24)C3)CCN1. The van der Waals surface area contributed by atoms with E-state index >= 15 is 0 Å². The van der Waals surface area contributed by atoms with Crippen LogP contribution in [-0.2, 0) is 13.0 Å². The standard InChI is InChI=1S/C22H22ClN7/c23-18-3-1-2-15-10-25-11-20(21(15)18)29-8-5-17-19(13-29)27-14-28-22(17)30-9-7-26-16(12-30)4-6-24/h1-3,10-11,14,16,26H,4-5,7-9,12-13H2/t16-/m0/s1. The van der Waals surface area contributed by atoms with E-state index in [-0.39, 0.29) is 6.04 Å². The third-order valence-electron chi connectivity index (χ3n) is 5.93. The van der Waals surface area contributed by atoms with Gasteiger partial charge in [0, 0.05) is 54.8 Å². The number of anilines is 2. The highest BCUT2D eigenvalue weighted by molar-refractivity contribution is 6.36. The van der Waals surface area contributed by atoms with Crippen LogP contribution >= 0.6 is 11.6 Å². The fraction of sp³-hybridized carbons (Fsp3) is 0.364. The zero-order valence-electron chi connectivity index (χ0n) is 16.6. The Morgan fingerprint density at radius 2 is 2.13 bits per heavy atom. The van der Waals surface area contributed by atoms with Crippen molar-refractivity contribution in [1.82, 2.24) is 20.3 Å². The monoisotopic (exact) mass is 419 g/mol. The first kappa shape index (κ1) is 19.0. The van der Waals surface area contributed by atoms with E-state index in [1.54, 1.807) is 6.33 Å².